The Kier molecular flexibility index (Phi) is 3.39. The van der Waals surface area contributed by atoms with E-state index in [1.165, 1.54) is 4.90 Å². The zero-order valence-electron chi connectivity index (χ0n) is 5.88. The average Bonchev–Trinajstić information content (AvgIpc) is 1.84. The summed E-state index contributed by atoms with van der Waals surface area (Å²) in [6.07, 6.45) is 1.86. The van der Waals surface area contributed by atoms with Crippen LogP contribution in [0.25, 0.3) is 0 Å². The molecule has 0 bridgehead atoms. The van der Waals surface area contributed by atoms with Crippen LogP contribution in [0.2, 0.25) is 0 Å². The predicted molar refractivity (Wildman–Crippen MR) is 41.6 cm³/mol. The molecule has 0 atom stereocenters. The number of hydrogen-bond donors (Lipinski definition) is 1. The van der Waals surface area contributed by atoms with Gasteiger partial charge in [-0.3, -0.25) is 4.79 Å². The predicted octanol–water partition coefficient (Wildman–Crippen LogP) is 1.89. The lowest BCUT2D eigenvalue weighted by atomic mass is 10.4. The summed E-state index contributed by atoms with van der Waals surface area (Å²) in [5.74, 6) is 0. The van der Waals surface area contributed by atoms with Crippen LogP contribution in [-0.2, 0) is 0 Å². The fraction of sp³-hybridized carbons (Fsp3) is 0.500. The fourth-order valence-corrected chi connectivity index (χ4v) is 0.502. The van der Waals surface area contributed by atoms with Crippen molar-refractivity contribution in [1.82, 2.24) is 4.90 Å². The van der Waals surface area contributed by atoms with Crippen LogP contribution < -0.4 is 0 Å². The Morgan fingerprint density at radius 3 is 2.22 bits per heavy atom. The molecule has 0 radical (unpaired) electrons. The Bertz CT molecular complexity index is 142. The van der Waals surface area contributed by atoms with Crippen molar-refractivity contribution >= 4 is 17.9 Å². The topological polar surface area (TPSA) is 20.3 Å². The van der Waals surface area contributed by atoms with Crippen molar-refractivity contribution in [2.45, 2.75) is 13.8 Å². The maximum Gasteiger partial charge on any atom is 0.282 e. The first-order valence-electron chi connectivity index (χ1n) is 2.69. The Morgan fingerprint density at radius 2 is 2.11 bits per heavy atom. The van der Waals surface area contributed by atoms with Crippen molar-refractivity contribution < 1.29 is 4.79 Å². The molecular formula is C6H11NOS. The summed E-state index contributed by atoms with van der Waals surface area (Å²) in [6, 6.07) is 0. The minimum atomic E-state index is -0.231. The van der Waals surface area contributed by atoms with Gasteiger partial charge in [-0.05, 0) is 13.8 Å². The molecule has 0 fully saturated rings. The molecule has 0 heterocycles. The van der Waals surface area contributed by atoms with Gasteiger partial charge in [0.25, 0.3) is 5.24 Å². The summed E-state index contributed by atoms with van der Waals surface area (Å²) in [5, 5.41) is -0.231. The van der Waals surface area contributed by atoms with Crippen molar-refractivity contribution in [3.63, 3.8) is 0 Å². The summed E-state index contributed by atoms with van der Waals surface area (Å²) in [4.78, 5) is 12.0. The van der Waals surface area contributed by atoms with Gasteiger partial charge in [-0.15, -0.1) is 0 Å². The van der Waals surface area contributed by atoms with E-state index in [1.807, 2.05) is 19.9 Å². The highest BCUT2D eigenvalue weighted by Crippen LogP contribution is 2.02. The summed E-state index contributed by atoms with van der Waals surface area (Å²) < 4.78 is 0. The number of hydrogen-bond acceptors (Lipinski definition) is 1. The first kappa shape index (κ1) is 8.56. The number of rotatable bonds is 1. The van der Waals surface area contributed by atoms with Gasteiger partial charge in [0, 0.05) is 12.7 Å². The van der Waals surface area contributed by atoms with Gasteiger partial charge in [0.2, 0.25) is 0 Å². The number of amides is 1. The zero-order chi connectivity index (χ0) is 7.44. The molecule has 0 aliphatic rings. The third kappa shape index (κ3) is 2.56. The SMILES string of the molecule is C/C=C(/C)N(C)C(=O)S. The lowest BCUT2D eigenvalue weighted by Crippen LogP contribution is -2.17. The molecule has 0 saturated heterocycles. The highest BCUT2D eigenvalue weighted by Gasteiger charge is 2.01. The Balaban J connectivity index is 4.04. The van der Waals surface area contributed by atoms with Crippen LogP contribution >= 0.6 is 12.6 Å². The molecule has 1 amide bonds. The molecule has 2 nitrogen and oxygen atoms in total. The van der Waals surface area contributed by atoms with E-state index in [0.717, 1.165) is 5.70 Å². The molecule has 9 heavy (non-hydrogen) atoms. The molecule has 0 aromatic rings. The molecule has 0 saturated carbocycles. The second-order valence-corrected chi connectivity index (χ2v) is 2.15. The third-order valence-electron chi connectivity index (χ3n) is 1.23. The lowest BCUT2D eigenvalue weighted by molar-refractivity contribution is 0.243. The van der Waals surface area contributed by atoms with Crippen LogP contribution in [0.1, 0.15) is 13.8 Å². The monoisotopic (exact) mass is 145 g/mol. The number of carbonyl (C=O) groups is 1. The number of allylic oxidation sites excluding steroid dienone is 2. The summed E-state index contributed by atoms with van der Waals surface area (Å²) >= 11 is 3.63. The van der Waals surface area contributed by atoms with E-state index < -0.39 is 0 Å². The summed E-state index contributed by atoms with van der Waals surface area (Å²) in [5.41, 5.74) is 0.912. The highest BCUT2D eigenvalue weighted by molar-refractivity contribution is 7.96. The normalized spacial score (nSPS) is 11.3. The van der Waals surface area contributed by atoms with Crippen LogP contribution in [0, 0.1) is 0 Å². The average molecular weight is 145 g/mol. The number of thiol groups is 1. The van der Waals surface area contributed by atoms with Gasteiger partial charge in [-0.1, -0.05) is 18.7 Å². The maximum atomic E-state index is 10.5. The molecular weight excluding hydrogens is 134 g/mol. The van der Waals surface area contributed by atoms with Gasteiger partial charge < -0.3 is 4.90 Å². The highest BCUT2D eigenvalue weighted by atomic mass is 32.1. The second kappa shape index (κ2) is 3.56. The van der Waals surface area contributed by atoms with Gasteiger partial charge in [-0.25, -0.2) is 0 Å². The molecule has 0 aliphatic carbocycles. The van der Waals surface area contributed by atoms with Crippen molar-refractivity contribution in [2.75, 3.05) is 7.05 Å². The fourth-order valence-electron chi connectivity index (χ4n) is 0.345. The van der Waals surface area contributed by atoms with E-state index >= 15 is 0 Å². The molecule has 0 spiro atoms. The van der Waals surface area contributed by atoms with E-state index in [0.29, 0.717) is 0 Å². The molecule has 0 aromatic carbocycles. The molecule has 0 aromatic heterocycles. The van der Waals surface area contributed by atoms with Crippen LogP contribution in [0.4, 0.5) is 4.79 Å². The van der Waals surface area contributed by atoms with E-state index in [2.05, 4.69) is 12.6 Å². The van der Waals surface area contributed by atoms with Gasteiger partial charge in [0.1, 0.15) is 0 Å². The Morgan fingerprint density at radius 1 is 1.67 bits per heavy atom. The lowest BCUT2D eigenvalue weighted by Gasteiger charge is -2.12. The quantitative estimate of drug-likeness (QED) is 0.559. The van der Waals surface area contributed by atoms with Crippen LogP contribution in [0.3, 0.4) is 0 Å². The molecule has 0 aliphatic heterocycles. The number of nitrogens with zero attached hydrogens (tertiary/aromatic N) is 1. The minimum Gasteiger partial charge on any atom is -0.311 e. The summed E-state index contributed by atoms with van der Waals surface area (Å²) in [6.45, 7) is 3.73. The van der Waals surface area contributed by atoms with Gasteiger partial charge in [0.15, 0.2) is 0 Å². The Hall–Kier alpha value is -0.440. The molecule has 0 N–H and O–H groups in total. The first-order valence-corrected chi connectivity index (χ1v) is 3.14. The van der Waals surface area contributed by atoms with Gasteiger partial charge in [-0.2, -0.15) is 0 Å². The van der Waals surface area contributed by atoms with E-state index in [1.54, 1.807) is 7.05 Å². The molecule has 52 valence electrons. The van der Waals surface area contributed by atoms with E-state index in [-0.39, 0.29) is 5.24 Å². The largest absolute Gasteiger partial charge is 0.311 e. The maximum absolute atomic E-state index is 10.5. The van der Waals surface area contributed by atoms with Crippen LogP contribution in [0.15, 0.2) is 11.8 Å². The van der Waals surface area contributed by atoms with Gasteiger partial charge in [0.05, 0.1) is 0 Å². The molecule has 3 heteroatoms. The van der Waals surface area contributed by atoms with Crippen molar-refractivity contribution in [1.29, 1.82) is 0 Å². The van der Waals surface area contributed by atoms with Crippen LogP contribution in [0.5, 0.6) is 0 Å². The van der Waals surface area contributed by atoms with Gasteiger partial charge >= 0.3 is 0 Å². The second-order valence-electron chi connectivity index (χ2n) is 1.77. The smallest absolute Gasteiger partial charge is 0.282 e. The van der Waals surface area contributed by atoms with E-state index in [4.69, 9.17) is 0 Å². The van der Waals surface area contributed by atoms with Crippen molar-refractivity contribution in [2.24, 2.45) is 0 Å². The van der Waals surface area contributed by atoms with Crippen molar-refractivity contribution in [3.05, 3.63) is 11.8 Å². The molecule has 0 unspecified atom stereocenters. The minimum absolute atomic E-state index is 0.231. The summed E-state index contributed by atoms with van der Waals surface area (Å²) in [7, 11) is 1.69. The standard InChI is InChI=1S/C6H11NOS/c1-4-5(2)7(3)6(8)9/h4H,1-3H3,(H,8,9)/b5-4-. The zero-order valence-corrected chi connectivity index (χ0v) is 6.77. The van der Waals surface area contributed by atoms with E-state index in [9.17, 15) is 4.79 Å². The van der Waals surface area contributed by atoms with Crippen molar-refractivity contribution in [3.8, 4) is 0 Å². The Labute approximate surface area is 61.0 Å². The molecule has 0 rings (SSSR count). The number of carbonyl (C=O) groups excluding carboxylic acids is 1. The first-order chi connectivity index (χ1) is 4.09. The van der Waals surface area contributed by atoms with Crippen LogP contribution in [-0.4, -0.2) is 17.2 Å². The third-order valence-corrected chi connectivity index (χ3v) is 1.53.